The van der Waals surface area contributed by atoms with E-state index in [4.69, 9.17) is 18.9 Å². The van der Waals surface area contributed by atoms with E-state index in [0.717, 1.165) is 36.7 Å². The predicted octanol–water partition coefficient (Wildman–Crippen LogP) is 3.64. The van der Waals surface area contributed by atoms with Crippen molar-refractivity contribution in [3.8, 4) is 17.2 Å². The van der Waals surface area contributed by atoms with E-state index in [9.17, 15) is 0 Å². The minimum absolute atomic E-state index is 0.225. The molecule has 0 aliphatic carbocycles. The first-order valence-corrected chi connectivity index (χ1v) is 7.29. The van der Waals surface area contributed by atoms with E-state index >= 15 is 0 Å². The Labute approximate surface area is 121 Å². The molecule has 0 N–H and O–H groups in total. The van der Waals surface area contributed by atoms with E-state index in [1.54, 1.807) is 0 Å². The van der Waals surface area contributed by atoms with Crippen molar-refractivity contribution < 1.29 is 18.9 Å². The van der Waals surface area contributed by atoms with Gasteiger partial charge in [0.2, 0.25) is 6.79 Å². The number of rotatable bonds is 8. The van der Waals surface area contributed by atoms with Crippen molar-refractivity contribution in [3.05, 3.63) is 18.2 Å². The topological polar surface area (TPSA) is 36.9 Å². The quantitative estimate of drug-likeness (QED) is 0.728. The van der Waals surface area contributed by atoms with Crippen LogP contribution in [0.15, 0.2) is 18.2 Å². The van der Waals surface area contributed by atoms with Crippen LogP contribution in [-0.2, 0) is 4.74 Å². The normalized spacial score (nSPS) is 14.6. The average Bonchev–Trinajstić information content (AvgIpc) is 2.85. The predicted molar refractivity (Wildman–Crippen MR) is 77.5 cm³/mol. The highest BCUT2D eigenvalue weighted by Crippen LogP contribution is 2.35. The van der Waals surface area contributed by atoms with Gasteiger partial charge in [-0.2, -0.15) is 0 Å². The second-order valence-electron chi connectivity index (χ2n) is 5.52. The van der Waals surface area contributed by atoms with Crippen LogP contribution in [-0.4, -0.2) is 26.1 Å². The summed E-state index contributed by atoms with van der Waals surface area (Å²) in [5.41, 5.74) is 0. The molecule has 1 heterocycles. The van der Waals surface area contributed by atoms with Crippen LogP contribution in [0.1, 0.15) is 33.6 Å². The third kappa shape index (κ3) is 4.60. The Morgan fingerprint density at radius 1 is 1.05 bits per heavy atom. The smallest absolute Gasteiger partial charge is 0.231 e. The van der Waals surface area contributed by atoms with Gasteiger partial charge in [-0.1, -0.05) is 13.8 Å². The zero-order valence-corrected chi connectivity index (χ0v) is 12.6. The minimum Gasteiger partial charge on any atom is -0.493 e. The van der Waals surface area contributed by atoms with E-state index in [1.165, 1.54) is 0 Å². The monoisotopic (exact) mass is 280 g/mol. The van der Waals surface area contributed by atoms with E-state index in [-0.39, 0.29) is 6.10 Å². The molecule has 0 aromatic heterocycles. The summed E-state index contributed by atoms with van der Waals surface area (Å²) in [6.45, 7) is 8.25. The van der Waals surface area contributed by atoms with Gasteiger partial charge in [-0.05, 0) is 31.4 Å². The van der Waals surface area contributed by atoms with Crippen LogP contribution in [0.2, 0.25) is 0 Å². The third-order valence-electron chi connectivity index (χ3n) is 3.23. The lowest BCUT2D eigenvalue weighted by Crippen LogP contribution is -2.14. The lowest BCUT2D eigenvalue weighted by molar-refractivity contribution is 0.0443. The molecule has 0 bridgehead atoms. The Bertz CT molecular complexity index is 417. The molecule has 2 rings (SSSR count). The highest BCUT2D eigenvalue weighted by molar-refractivity contribution is 5.46. The summed E-state index contributed by atoms with van der Waals surface area (Å²) >= 11 is 0. The Hall–Kier alpha value is -1.42. The number of fused-ring (bicyclic) bond motifs is 1. The Balaban J connectivity index is 1.65. The lowest BCUT2D eigenvalue weighted by atomic mass is 10.1. The van der Waals surface area contributed by atoms with Crippen molar-refractivity contribution in [3.63, 3.8) is 0 Å². The zero-order chi connectivity index (χ0) is 14.4. The SMILES string of the molecule is CC(C)CCOC(C)CCOc1ccc2c(c1)OCO2. The number of hydrogen-bond donors (Lipinski definition) is 0. The highest BCUT2D eigenvalue weighted by atomic mass is 16.7. The maximum Gasteiger partial charge on any atom is 0.231 e. The van der Waals surface area contributed by atoms with Gasteiger partial charge in [-0.3, -0.25) is 0 Å². The van der Waals surface area contributed by atoms with E-state index in [0.29, 0.717) is 19.3 Å². The zero-order valence-electron chi connectivity index (χ0n) is 12.6. The van der Waals surface area contributed by atoms with Crippen molar-refractivity contribution >= 4 is 0 Å². The molecule has 112 valence electrons. The van der Waals surface area contributed by atoms with E-state index in [2.05, 4.69) is 20.8 Å². The van der Waals surface area contributed by atoms with Gasteiger partial charge in [0.1, 0.15) is 5.75 Å². The highest BCUT2D eigenvalue weighted by Gasteiger charge is 2.13. The van der Waals surface area contributed by atoms with Gasteiger partial charge in [0.25, 0.3) is 0 Å². The van der Waals surface area contributed by atoms with Crippen LogP contribution in [0, 0.1) is 5.92 Å². The molecule has 0 spiro atoms. The van der Waals surface area contributed by atoms with Crippen LogP contribution in [0.4, 0.5) is 0 Å². The fourth-order valence-corrected chi connectivity index (χ4v) is 1.90. The van der Waals surface area contributed by atoms with Crippen LogP contribution in [0.25, 0.3) is 0 Å². The molecular formula is C16H24O4. The molecule has 1 aromatic carbocycles. The molecule has 4 heteroatoms. The molecule has 0 radical (unpaired) electrons. The molecule has 1 unspecified atom stereocenters. The van der Waals surface area contributed by atoms with Gasteiger partial charge in [0.05, 0.1) is 12.7 Å². The standard InChI is InChI=1S/C16H24O4/c1-12(2)6-8-17-13(3)7-9-18-14-4-5-15-16(10-14)20-11-19-15/h4-5,10,12-13H,6-9,11H2,1-3H3. The van der Waals surface area contributed by atoms with Gasteiger partial charge >= 0.3 is 0 Å². The largest absolute Gasteiger partial charge is 0.493 e. The van der Waals surface area contributed by atoms with Crippen molar-refractivity contribution in [1.82, 2.24) is 0 Å². The molecule has 0 saturated carbocycles. The Morgan fingerprint density at radius 3 is 2.65 bits per heavy atom. The third-order valence-corrected chi connectivity index (χ3v) is 3.23. The summed E-state index contributed by atoms with van der Waals surface area (Å²) in [5, 5.41) is 0. The molecule has 1 atom stereocenters. The fraction of sp³-hybridized carbons (Fsp3) is 0.625. The second-order valence-corrected chi connectivity index (χ2v) is 5.52. The summed E-state index contributed by atoms with van der Waals surface area (Å²) in [5.74, 6) is 3.03. The summed E-state index contributed by atoms with van der Waals surface area (Å²) in [4.78, 5) is 0. The maximum atomic E-state index is 5.74. The molecule has 0 amide bonds. The average molecular weight is 280 g/mol. The number of benzene rings is 1. The van der Waals surface area contributed by atoms with Crippen molar-refractivity contribution in [2.75, 3.05) is 20.0 Å². The van der Waals surface area contributed by atoms with Crippen LogP contribution < -0.4 is 14.2 Å². The van der Waals surface area contributed by atoms with Crippen LogP contribution >= 0.6 is 0 Å². The molecule has 1 aromatic rings. The minimum atomic E-state index is 0.225. The molecule has 20 heavy (non-hydrogen) atoms. The lowest BCUT2D eigenvalue weighted by Gasteiger charge is -2.14. The first-order valence-electron chi connectivity index (χ1n) is 7.29. The summed E-state index contributed by atoms with van der Waals surface area (Å²) in [6, 6.07) is 5.64. The molecule has 4 nitrogen and oxygen atoms in total. The van der Waals surface area contributed by atoms with E-state index in [1.807, 2.05) is 18.2 Å². The summed E-state index contributed by atoms with van der Waals surface area (Å²) in [6.07, 6.45) is 2.21. The summed E-state index contributed by atoms with van der Waals surface area (Å²) in [7, 11) is 0. The van der Waals surface area contributed by atoms with Crippen LogP contribution in [0.5, 0.6) is 17.2 Å². The summed E-state index contributed by atoms with van der Waals surface area (Å²) < 4.78 is 22.0. The van der Waals surface area contributed by atoms with E-state index < -0.39 is 0 Å². The van der Waals surface area contributed by atoms with Gasteiger partial charge in [0, 0.05) is 19.1 Å². The molecule has 1 aliphatic heterocycles. The van der Waals surface area contributed by atoms with Gasteiger partial charge in [-0.25, -0.2) is 0 Å². The van der Waals surface area contributed by atoms with Gasteiger partial charge < -0.3 is 18.9 Å². The first-order chi connectivity index (χ1) is 9.65. The fourth-order valence-electron chi connectivity index (χ4n) is 1.90. The Morgan fingerprint density at radius 2 is 1.85 bits per heavy atom. The first kappa shape index (κ1) is 15.0. The van der Waals surface area contributed by atoms with Crippen molar-refractivity contribution in [2.45, 2.75) is 39.7 Å². The molecule has 0 saturated heterocycles. The van der Waals surface area contributed by atoms with Gasteiger partial charge in [0.15, 0.2) is 11.5 Å². The van der Waals surface area contributed by atoms with Crippen molar-refractivity contribution in [1.29, 1.82) is 0 Å². The second kappa shape index (κ2) is 7.39. The number of ether oxygens (including phenoxy) is 4. The Kier molecular flexibility index (Phi) is 5.53. The molecule has 1 aliphatic rings. The van der Waals surface area contributed by atoms with Crippen molar-refractivity contribution in [2.24, 2.45) is 5.92 Å². The number of hydrogen-bond acceptors (Lipinski definition) is 4. The molecule has 0 fully saturated rings. The van der Waals surface area contributed by atoms with Crippen LogP contribution in [0.3, 0.4) is 0 Å². The van der Waals surface area contributed by atoms with Gasteiger partial charge in [-0.15, -0.1) is 0 Å². The molecular weight excluding hydrogens is 256 g/mol. The maximum absolute atomic E-state index is 5.74.